The van der Waals surface area contributed by atoms with Crippen molar-refractivity contribution in [2.24, 2.45) is 0 Å². The van der Waals surface area contributed by atoms with Crippen LogP contribution in [-0.2, 0) is 11.3 Å². The summed E-state index contributed by atoms with van der Waals surface area (Å²) < 4.78 is 0. The van der Waals surface area contributed by atoms with E-state index in [2.05, 4.69) is 10.3 Å². The summed E-state index contributed by atoms with van der Waals surface area (Å²) in [5.41, 5.74) is 0.919. The van der Waals surface area contributed by atoms with Crippen LogP contribution in [0.4, 0.5) is 4.79 Å². The Balaban J connectivity index is 2.06. The molecular weight excluding hydrogens is 270 g/mol. The summed E-state index contributed by atoms with van der Waals surface area (Å²) in [6, 6.07) is 1.56. The largest absolute Gasteiger partial charge is 0.479 e. The van der Waals surface area contributed by atoms with Crippen molar-refractivity contribution in [3.8, 4) is 0 Å². The molecule has 1 aromatic heterocycles. The van der Waals surface area contributed by atoms with E-state index in [0.717, 1.165) is 17.5 Å². The summed E-state index contributed by atoms with van der Waals surface area (Å²) in [6.07, 6.45) is 5.07. The molecule has 6 nitrogen and oxygen atoms in total. The van der Waals surface area contributed by atoms with Crippen LogP contribution in [0.1, 0.15) is 37.3 Å². The van der Waals surface area contributed by atoms with Gasteiger partial charge in [0.05, 0.1) is 0 Å². The van der Waals surface area contributed by atoms with Gasteiger partial charge in [-0.1, -0.05) is 6.92 Å². The third-order valence-corrected chi connectivity index (χ3v) is 4.29. The first-order valence-corrected chi connectivity index (χ1v) is 7.19. The second-order valence-electron chi connectivity index (χ2n) is 5.41. The van der Waals surface area contributed by atoms with Gasteiger partial charge in [-0.25, -0.2) is 9.59 Å². The number of carbonyl (C=O) groups excluding carboxylic acids is 1. The molecule has 2 rings (SSSR count). The number of aliphatic carboxylic acids is 1. The van der Waals surface area contributed by atoms with Crippen molar-refractivity contribution >= 4 is 12.0 Å². The van der Waals surface area contributed by atoms with E-state index in [0.29, 0.717) is 25.9 Å². The monoisotopic (exact) mass is 291 g/mol. The third kappa shape index (κ3) is 2.84. The first kappa shape index (κ1) is 15.3. The molecule has 1 atom stereocenters. The highest BCUT2D eigenvalue weighted by atomic mass is 16.4. The molecule has 21 heavy (non-hydrogen) atoms. The number of hydrogen-bond donors (Lipinski definition) is 2. The summed E-state index contributed by atoms with van der Waals surface area (Å²) in [5.74, 6) is -0.921. The summed E-state index contributed by atoms with van der Waals surface area (Å²) >= 11 is 0. The first-order valence-electron chi connectivity index (χ1n) is 7.19. The molecular formula is C15H21N3O3. The minimum absolute atomic E-state index is 0.319. The van der Waals surface area contributed by atoms with Gasteiger partial charge in [-0.15, -0.1) is 0 Å². The highest BCUT2D eigenvalue weighted by Gasteiger charge is 2.48. The number of rotatable bonds is 4. The lowest BCUT2D eigenvalue weighted by Crippen LogP contribution is -2.55. The van der Waals surface area contributed by atoms with E-state index in [-0.39, 0.29) is 6.03 Å². The fourth-order valence-corrected chi connectivity index (χ4v) is 2.86. The van der Waals surface area contributed by atoms with E-state index in [9.17, 15) is 14.7 Å². The van der Waals surface area contributed by atoms with Crippen molar-refractivity contribution < 1.29 is 14.7 Å². The highest BCUT2D eigenvalue weighted by molar-refractivity contribution is 5.87. The van der Waals surface area contributed by atoms with Crippen molar-refractivity contribution in [3.63, 3.8) is 0 Å². The van der Waals surface area contributed by atoms with Crippen LogP contribution >= 0.6 is 0 Å². The minimum Gasteiger partial charge on any atom is -0.479 e. The van der Waals surface area contributed by atoms with Crippen molar-refractivity contribution in [1.29, 1.82) is 0 Å². The van der Waals surface area contributed by atoms with Crippen LogP contribution in [0.2, 0.25) is 0 Å². The fourth-order valence-electron chi connectivity index (χ4n) is 2.86. The van der Waals surface area contributed by atoms with Gasteiger partial charge in [0.15, 0.2) is 0 Å². The van der Waals surface area contributed by atoms with E-state index in [1.54, 1.807) is 12.4 Å². The van der Waals surface area contributed by atoms with Gasteiger partial charge in [-0.05, 0) is 43.4 Å². The summed E-state index contributed by atoms with van der Waals surface area (Å²) in [6.45, 7) is 4.60. The fraction of sp³-hybridized carbons (Fsp3) is 0.533. The lowest BCUT2D eigenvalue weighted by Gasteiger charge is -2.33. The van der Waals surface area contributed by atoms with E-state index in [1.165, 1.54) is 4.90 Å². The smallest absolute Gasteiger partial charge is 0.329 e. The van der Waals surface area contributed by atoms with Crippen LogP contribution in [0.3, 0.4) is 0 Å². The van der Waals surface area contributed by atoms with E-state index in [4.69, 9.17) is 0 Å². The Labute approximate surface area is 124 Å². The van der Waals surface area contributed by atoms with Gasteiger partial charge < -0.3 is 15.3 Å². The van der Waals surface area contributed by atoms with E-state index < -0.39 is 11.5 Å². The standard InChI is InChI=1S/C15H21N3O3/c1-3-15(13(19)20)6-4-8-18(15)14(21)17-10-12-9-16-7-5-11(12)2/h5,7,9H,3-4,6,8,10H2,1-2H3,(H,17,21)(H,19,20). The number of pyridine rings is 1. The van der Waals surface area contributed by atoms with Crippen LogP contribution in [0.25, 0.3) is 0 Å². The molecule has 0 radical (unpaired) electrons. The second kappa shape index (κ2) is 6.11. The first-order chi connectivity index (χ1) is 10.0. The summed E-state index contributed by atoms with van der Waals surface area (Å²) in [4.78, 5) is 29.4. The number of likely N-dealkylation sites (tertiary alicyclic amines) is 1. The van der Waals surface area contributed by atoms with Gasteiger partial charge in [0.25, 0.3) is 0 Å². The molecule has 114 valence electrons. The quantitative estimate of drug-likeness (QED) is 0.888. The predicted molar refractivity (Wildman–Crippen MR) is 77.8 cm³/mol. The molecule has 0 bridgehead atoms. The van der Waals surface area contributed by atoms with Crippen LogP contribution in [0.5, 0.6) is 0 Å². The van der Waals surface area contributed by atoms with Crippen molar-refractivity contribution in [1.82, 2.24) is 15.2 Å². The maximum atomic E-state index is 12.3. The average molecular weight is 291 g/mol. The molecule has 1 aromatic rings. The van der Waals surface area contributed by atoms with Crippen molar-refractivity contribution in [2.45, 2.75) is 45.2 Å². The van der Waals surface area contributed by atoms with Crippen LogP contribution in [0.15, 0.2) is 18.5 Å². The second-order valence-corrected chi connectivity index (χ2v) is 5.41. The Morgan fingerprint density at radius 3 is 2.90 bits per heavy atom. The Kier molecular flexibility index (Phi) is 4.45. The van der Waals surface area contributed by atoms with Gasteiger partial charge in [-0.2, -0.15) is 0 Å². The van der Waals surface area contributed by atoms with Crippen molar-refractivity contribution in [3.05, 3.63) is 29.6 Å². The molecule has 2 amide bonds. The molecule has 1 saturated heterocycles. The summed E-state index contributed by atoms with van der Waals surface area (Å²) in [5, 5.41) is 12.3. The third-order valence-electron chi connectivity index (χ3n) is 4.29. The van der Waals surface area contributed by atoms with Gasteiger partial charge in [0, 0.05) is 25.5 Å². The zero-order valence-electron chi connectivity index (χ0n) is 12.4. The zero-order chi connectivity index (χ0) is 15.5. The van der Waals surface area contributed by atoms with Gasteiger partial charge >= 0.3 is 12.0 Å². The molecule has 1 fully saturated rings. The Morgan fingerprint density at radius 2 is 2.29 bits per heavy atom. The molecule has 0 aromatic carbocycles. The van der Waals surface area contributed by atoms with Gasteiger partial charge in [0.2, 0.25) is 0 Å². The molecule has 1 unspecified atom stereocenters. The molecule has 6 heteroatoms. The van der Waals surface area contributed by atoms with Crippen molar-refractivity contribution in [2.75, 3.05) is 6.54 Å². The molecule has 1 aliphatic rings. The van der Waals surface area contributed by atoms with Crippen LogP contribution in [-0.4, -0.2) is 39.1 Å². The maximum Gasteiger partial charge on any atom is 0.329 e. The number of nitrogens with zero attached hydrogens (tertiary/aromatic N) is 2. The molecule has 2 heterocycles. The number of aryl methyl sites for hydroxylation is 1. The predicted octanol–water partition coefficient (Wildman–Crippen LogP) is 1.93. The molecule has 1 aliphatic heterocycles. The Hall–Kier alpha value is -2.11. The highest BCUT2D eigenvalue weighted by Crippen LogP contribution is 2.32. The number of carbonyl (C=O) groups is 2. The van der Waals surface area contributed by atoms with Gasteiger partial charge in [0.1, 0.15) is 5.54 Å². The molecule has 0 aliphatic carbocycles. The van der Waals surface area contributed by atoms with E-state index >= 15 is 0 Å². The maximum absolute atomic E-state index is 12.3. The number of aromatic nitrogens is 1. The van der Waals surface area contributed by atoms with Crippen LogP contribution in [0, 0.1) is 6.92 Å². The van der Waals surface area contributed by atoms with E-state index in [1.807, 2.05) is 19.9 Å². The number of urea groups is 1. The lowest BCUT2D eigenvalue weighted by molar-refractivity contribution is -0.148. The Morgan fingerprint density at radius 1 is 1.52 bits per heavy atom. The number of hydrogen-bond acceptors (Lipinski definition) is 3. The van der Waals surface area contributed by atoms with Crippen LogP contribution < -0.4 is 5.32 Å². The average Bonchev–Trinajstić information content (AvgIpc) is 2.91. The zero-order valence-corrected chi connectivity index (χ0v) is 12.4. The number of carboxylic acid groups (broad SMARTS) is 1. The van der Waals surface area contributed by atoms with Gasteiger partial charge in [-0.3, -0.25) is 4.98 Å². The molecule has 0 saturated carbocycles. The molecule has 2 N–H and O–H groups in total. The lowest BCUT2D eigenvalue weighted by atomic mass is 9.93. The summed E-state index contributed by atoms with van der Waals surface area (Å²) in [7, 11) is 0. The number of nitrogens with one attached hydrogen (secondary N) is 1. The number of amides is 2. The number of carboxylic acids is 1. The topological polar surface area (TPSA) is 82.5 Å². The minimum atomic E-state index is -1.06. The SMILES string of the molecule is CCC1(C(=O)O)CCCN1C(=O)NCc1cnccc1C. The normalized spacial score (nSPS) is 21.3. The molecule has 0 spiro atoms. The Bertz CT molecular complexity index is 547.